The second-order valence-electron chi connectivity index (χ2n) is 5.21. The fourth-order valence-corrected chi connectivity index (χ4v) is 1.58. The van der Waals surface area contributed by atoms with Gasteiger partial charge in [0.1, 0.15) is 6.61 Å². The first-order chi connectivity index (χ1) is 7.97. The van der Waals surface area contributed by atoms with Crippen LogP contribution in [-0.4, -0.2) is 37.1 Å². The molecule has 0 spiro atoms. The maximum Gasteiger partial charge on any atom is 0.311 e. The Balaban J connectivity index is 3.91. The van der Waals surface area contributed by atoms with Crippen molar-refractivity contribution in [3.8, 4) is 0 Å². The zero-order valence-corrected chi connectivity index (χ0v) is 12.2. The van der Waals surface area contributed by atoms with Gasteiger partial charge < -0.3 is 4.74 Å². The largest absolute Gasteiger partial charge is 0.464 e. The first-order valence-corrected chi connectivity index (χ1v) is 6.87. The summed E-state index contributed by atoms with van der Waals surface area (Å²) in [5, 5.41) is 0. The van der Waals surface area contributed by atoms with Crippen molar-refractivity contribution in [1.29, 1.82) is 0 Å². The number of ether oxygens (including phenoxy) is 1. The van der Waals surface area contributed by atoms with Crippen molar-refractivity contribution < 1.29 is 9.53 Å². The Morgan fingerprint density at radius 3 is 2.00 bits per heavy atom. The Labute approximate surface area is 107 Å². The fraction of sp³-hybridized carbons (Fsp3) is 0.929. The molecule has 0 radical (unpaired) electrons. The summed E-state index contributed by atoms with van der Waals surface area (Å²) >= 11 is 0. The Morgan fingerprint density at radius 1 is 1.06 bits per heavy atom. The molecule has 0 rings (SSSR count). The summed E-state index contributed by atoms with van der Waals surface area (Å²) in [6.45, 7) is 13.8. The number of rotatable bonds is 9. The number of hydrogen-bond acceptors (Lipinski definition) is 3. The molecular formula is C14H29NO2. The summed E-state index contributed by atoms with van der Waals surface area (Å²) in [6.07, 6.45) is 3.11. The second-order valence-corrected chi connectivity index (χ2v) is 5.21. The van der Waals surface area contributed by atoms with Gasteiger partial charge in [0, 0.05) is 6.54 Å². The Morgan fingerprint density at radius 2 is 1.59 bits per heavy atom. The van der Waals surface area contributed by atoms with Gasteiger partial charge in [-0.15, -0.1) is 0 Å². The van der Waals surface area contributed by atoms with Gasteiger partial charge in [-0.1, -0.05) is 20.8 Å². The van der Waals surface area contributed by atoms with Crippen LogP contribution >= 0.6 is 0 Å². The number of carbonyl (C=O) groups excluding carboxylic acids is 1. The van der Waals surface area contributed by atoms with Gasteiger partial charge in [0.25, 0.3) is 0 Å². The van der Waals surface area contributed by atoms with Crippen molar-refractivity contribution in [2.75, 3.05) is 26.2 Å². The van der Waals surface area contributed by atoms with Crippen LogP contribution in [0.3, 0.4) is 0 Å². The van der Waals surface area contributed by atoms with Crippen molar-refractivity contribution in [2.24, 2.45) is 5.41 Å². The summed E-state index contributed by atoms with van der Waals surface area (Å²) in [4.78, 5) is 14.1. The number of carbonyl (C=O) groups is 1. The molecule has 0 aromatic carbocycles. The molecule has 0 aliphatic rings. The zero-order chi connectivity index (χ0) is 13.3. The number of hydrogen-bond donors (Lipinski definition) is 0. The Kier molecular flexibility index (Phi) is 8.23. The normalized spacial score (nSPS) is 11.9. The monoisotopic (exact) mass is 243 g/mol. The molecular weight excluding hydrogens is 214 g/mol. The predicted octanol–water partition coefficient (Wildman–Crippen LogP) is 3.09. The van der Waals surface area contributed by atoms with Crippen molar-refractivity contribution in [3.63, 3.8) is 0 Å². The minimum Gasteiger partial charge on any atom is -0.464 e. The number of nitrogens with zero attached hydrogens (tertiary/aromatic N) is 1. The average molecular weight is 243 g/mol. The minimum absolute atomic E-state index is 0.0760. The van der Waals surface area contributed by atoms with Crippen molar-refractivity contribution >= 4 is 5.97 Å². The molecule has 17 heavy (non-hydrogen) atoms. The summed E-state index contributed by atoms with van der Waals surface area (Å²) in [6, 6.07) is 0. The molecule has 0 amide bonds. The fourth-order valence-electron chi connectivity index (χ4n) is 1.58. The lowest BCUT2D eigenvalue weighted by Gasteiger charge is -2.23. The average Bonchev–Trinajstić information content (AvgIpc) is 2.29. The zero-order valence-electron chi connectivity index (χ0n) is 12.2. The molecule has 0 unspecified atom stereocenters. The van der Waals surface area contributed by atoms with Gasteiger partial charge in [0.15, 0.2) is 0 Å². The summed E-state index contributed by atoms with van der Waals surface area (Å²) in [5.41, 5.74) is -0.347. The molecule has 0 aromatic heterocycles. The van der Waals surface area contributed by atoms with Crippen LogP contribution in [0, 0.1) is 5.41 Å². The van der Waals surface area contributed by atoms with Crippen LogP contribution in [0.4, 0.5) is 0 Å². The lowest BCUT2D eigenvalue weighted by molar-refractivity contribution is -0.154. The highest BCUT2D eigenvalue weighted by atomic mass is 16.5. The maximum atomic E-state index is 11.8. The molecule has 102 valence electrons. The van der Waals surface area contributed by atoms with Gasteiger partial charge in [0.05, 0.1) is 5.41 Å². The smallest absolute Gasteiger partial charge is 0.311 e. The van der Waals surface area contributed by atoms with Gasteiger partial charge in [-0.3, -0.25) is 9.69 Å². The van der Waals surface area contributed by atoms with Crippen molar-refractivity contribution in [3.05, 3.63) is 0 Å². The van der Waals surface area contributed by atoms with Crippen LogP contribution in [0.2, 0.25) is 0 Å². The summed E-state index contributed by atoms with van der Waals surface area (Å²) in [5.74, 6) is -0.0760. The third kappa shape index (κ3) is 6.67. The summed E-state index contributed by atoms with van der Waals surface area (Å²) < 4.78 is 5.34. The third-order valence-electron chi connectivity index (χ3n) is 3.16. The first-order valence-electron chi connectivity index (χ1n) is 6.87. The Hall–Kier alpha value is -0.570. The quantitative estimate of drug-likeness (QED) is 0.583. The molecule has 3 nitrogen and oxygen atoms in total. The third-order valence-corrected chi connectivity index (χ3v) is 3.16. The van der Waals surface area contributed by atoms with E-state index in [0.29, 0.717) is 6.61 Å². The van der Waals surface area contributed by atoms with Crippen molar-refractivity contribution in [1.82, 2.24) is 4.90 Å². The lowest BCUT2D eigenvalue weighted by Crippen LogP contribution is -2.32. The van der Waals surface area contributed by atoms with Gasteiger partial charge in [-0.25, -0.2) is 0 Å². The molecule has 0 saturated heterocycles. The summed E-state index contributed by atoms with van der Waals surface area (Å²) in [7, 11) is 0. The first kappa shape index (κ1) is 16.4. The molecule has 0 saturated carbocycles. The highest BCUT2D eigenvalue weighted by Crippen LogP contribution is 2.21. The van der Waals surface area contributed by atoms with Gasteiger partial charge in [0.2, 0.25) is 0 Å². The van der Waals surface area contributed by atoms with Crippen LogP contribution in [0.25, 0.3) is 0 Å². The topological polar surface area (TPSA) is 29.5 Å². The maximum absolute atomic E-state index is 11.8. The van der Waals surface area contributed by atoms with Crippen LogP contribution in [0.1, 0.15) is 53.9 Å². The molecule has 3 heteroatoms. The molecule has 0 atom stereocenters. The van der Waals surface area contributed by atoms with Gasteiger partial charge >= 0.3 is 5.97 Å². The second kappa shape index (κ2) is 8.51. The van der Waals surface area contributed by atoms with Crippen LogP contribution in [-0.2, 0) is 9.53 Å². The van der Waals surface area contributed by atoms with Gasteiger partial charge in [-0.2, -0.15) is 0 Å². The molecule has 0 N–H and O–H groups in total. The van der Waals surface area contributed by atoms with E-state index in [-0.39, 0.29) is 11.4 Å². The van der Waals surface area contributed by atoms with E-state index in [1.807, 2.05) is 20.8 Å². The van der Waals surface area contributed by atoms with E-state index < -0.39 is 0 Å². The predicted molar refractivity (Wildman–Crippen MR) is 72.1 cm³/mol. The van der Waals surface area contributed by atoms with Crippen LogP contribution < -0.4 is 0 Å². The molecule has 0 aliphatic carbocycles. The molecule has 0 aliphatic heterocycles. The highest BCUT2D eigenvalue weighted by molar-refractivity contribution is 5.75. The van der Waals surface area contributed by atoms with Crippen LogP contribution in [0.15, 0.2) is 0 Å². The standard InChI is InChI=1S/C14H29NO2/c1-6-9-15(10-7-2)11-12-17-13(16)14(4,5)8-3/h6-12H2,1-5H3. The van der Waals surface area contributed by atoms with Gasteiger partial charge in [-0.05, 0) is 46.2 Å². The van der Waals surface area contributed by atoms with E-state index in [2.05, 4.69) is 18.7 Å². The highest BCUT2D eigenvalue weighted by Gasteiger charge is 2.26. The van der Waals surface area contributed by atoms with E-state index >= 15 is 0 Å². The molecule has 0 fully saturated rings. The van der Waals surface area contributed by atoms with E-state index in [9.17, 15) is 4.79 Å². The minimum atomic E-state index is -0.347. The Bertz CT molecular complexity index is 208. The SMILES string of the molecule is CCCN(CCC)CCOC(=O)C(C)(C)CC. The number of esters is 1. The van der Waals surface area contributed by atoms with E-state index in [1.54, 1.807) is 0 Å². The molecule has 0 aromatic rings. The van der Waals surface area contributed by atoms with Crippen LogP contribution in [0.5, 0.6) is 0 Å². The van der Waals surface area contributed by atoms with E-state index in [4.69, 9.17) is 4.74 Å². The van der Waals surface area contributed by atoms with E-state index in [1.165, 1.54) is 0 Å². The van der Waals surface area contributed by atoms with E-state index in [0.717, 1.165) is 38.9 Å². The molecule has 0 bridgehead atoms. The molecule has 0 heterocycles. The lowest BCUT2D eigenvalue weighted by atomic mass is 9.91. The van der Waals surface area contributed by atoms with Crippen molar-refractivity contribution in [2.45, 2.75) is 53.9 Å².